The third-order valence-corrected chi connectivity index (χ3v) is 4.77. The van der Waals surface area contributed by atoms with Crippen LogP contribution in [0.1, 0.15) is 35.1 Å². The molecule has 0 saturated carbocycles. The Morgan fingerprint density at radius 1 is 1.00 bits per heavy atom. The van der Waals surface area contributed by atoms with E-state index in [0.717, 1.165) is 31.4 Å². The maximum Gasteiger partial charge on any atom is 0.316 e. The maximum absolute atomic E-state index is 11.2. The number of benzene rings is 1. The van der Waals surface area contributed by atoms with Gasteiger partial charge in [-0.15, -0.1) is 0 Å². The van der Waals surface area contributed by atoms with Crippen LogP contribution in [0.2, 0.25) is 0 Å². The Morgan fingerprint density at radius 2 is 1.47 bits per heavy atom. The van der Waals surface area contributed by atoms with Gasteiger partial charge in [0, 0.05) is 10.2 Å². The molecule has 0 saturated heterocycles. The molecule has 0 spiro atoms. The van der Waals surface area contributed by atoms with Gasteiger partial charge in [0.25, 0.3) is 0 Å². The number of fused-ring (bicyclic) bond motifs is 2. The summed E-state index contributed by atoms with van der Waals surface area (Å²) in [7, 11) is 0. The number of amides is 2. The van der Waals surface area contributed by atoms with Gasteiger partial charge in [0.1, 0.15) is 0 Å². The number of anilines is 1. The average Bonchev–Trinajstić information content (AvgIpc) is 2.92. The van der Waals surface area contributed by atoms with Gasteiger partial charge in [-0.3, -0.25) is 0 Å². The Bertz CT molecular complexity index is 476. The number of carbonyl (C=O) groups is 1. The number of hydrogen-bond donors (Lipinski definition) is 2. The summed E-state index contributed by atoms with van der Waals surface area (Å²) in [5, 5.41) is 2.85. The van der Waals surface area contributed by atoms with Crippen molar-refractivity contribution in [1.82, 2.24) is 0 Å². The Labute approximate surface area is 109 Å². The Balaban J connectivity index is 2.22. The average molecular weight is 295 g/mol. The largest absolute Gasteiger partial charge is 0.351 e. The lowest BCUT2D eigenvalue weighted by Crippen LogP contribution is -2.21. The van der Waals surface area contributed by atoms with Gasteiger partial charge in [0.2, 0.25) is 0 Å². The number of primary amides is 1. The Morgan fingerprint density at radius 3 is 1.94 bits per heavy atom. The monoisotopic (exact) mass is 294 g/mol. The van der Waals surface area contributed by atoms with E-state index in [1.165, 1.54) is 39.6 Å². The molecule has 0 unspecified atom stereocenters. The first-order valence-corrected chi connectivity index (χ1v) is 6.89. The first kappa shape index (κ1) is 11.1. The minimum Gasteiger partial charge on any atom is -0.351 e. The van der Waals surface area contributed by atoms with Gasteiger partial charge < -0.3 is 11.1 Å². The maximum atomic E-state index is 11.2. The van der Waals surface area contributed by atoms with E-state index in [1.54, 1.807) is 0 Å². The van der Waals surface area contributed by atoms with Crippen LogP contribution in [0.15, 0.2) is 4.47 Å². The molecule has 3 rings (SSSR count). The standard InChI is InChI=1S/C13H15BrN2O/c14-11-7-3-1-5-9(7)12(16-13(15)17)10-6-2-4-8(10)11/h1-6H2,(H3,15,16,17). The van der Waals surface area contributed by atoms with Crippen molar-refractivity contribution in [3.63, 3.8) is 0 Å². The van der Waals surface area contributed by atoms with Crippen LogP contribution in [0.5, 0.6) is 0 Å². The fourth-order valence-electron chi connectivity index (χ4n) is 3.16. The molecule has 0 bridgehead atoms. The number of urea groups is 1. The van der Waals surface area contributed by atoms with Gasteiger partial charge in [-0.2, -0.15) is 0 Å². The van der Waals surface area contributed by atoms with Crippen LogP contribution >= 0.6 is 15.9 Å². The van der Waals surface area contributed by atoms with Crippen LogP contribution in [-0.2, 0) is 25.7 Å². The molecule has 0 atom stereocenters. The van der Waals surface area contributed by atoms with E-state index < -0.39 is 6.03 Å². The van der Waals surface area contributed by atoms with E-state index >= 15 is 0 Å². The molecular weight excluding hydrogens is 280 g/mol. The van der Waals surface area contributed by atoms with Crippen molar-refractivity contribution in [3.05, 3.63) is 26.7 Å². The molecule has 90 valence electrons. The van der Waals surface area contributed by atoms with Crippen LogP contribution in [0.4, 0.5) is 10.5 Å². The Hall–Kier alpha value is -1.03. The summed E-state index contributed by atoms with van der Waals surface area (Å²) in [5.74, 6) is 0. The number of nitrogens with one attached hydrogen (secondary N) is 1. The van der Waals surface area contributed by atoms with Crippen LogP contribution in [-0.4, -0.2) is 6.03 Å². The minimum atomic E-state index is -0.449. The molecule has 0 aromatic heterocycles. The van der Waals surface area contributed by atoms with E-state index in [2.05, 4.69) is 21.2 Å². The molecule has 0 aliphatic heterocycles. The second-order valence-corrected chi connectivity index (χ2v) is 5.59. The predicted octanol–water partition coefficient (Wildman–Crippen LogP) is 2.92. The molecule has 0 heterocycles. The van der Waals surface area contributed by atoms with Gasteiger partial charge in [-0.25, -0.2) is 4.79 Å². The molecule has 2 aliphatic rings. The summed E-state index contributed by atoms with van der Waals surface area (Å²) >= 11 is 3.74. The summed E-state index contributed by atoms with van der Waals surface area (Å²) in [4.78, 5) is 11.2. The molecule has 1 aromatic carbocycles. The molecule has 0 radical (unpaired) electrons. The van der Waals surface area contributed by atoms with Gasteiger partial charge in [0.05, 0.1) is 0 Å². The van der Waals surface area contributed by atoms with Gasteiger partial charge >= 0.3 is 6.03 Å². The molecule has 4 heteroatoms. The number of halogens is 1. The summed E-state index contributed by atoms with van der Waals surface area (Å²) < 4.78 is 1.28. The first-order chi connectivity index (χ1) is 8.18. The third kappa shape index (κ3) is 1.66. The highest BCUT2D eigenvalue weighted by Crippen LogP contribution is 2.43. The predicted molar refractivity (Wildman–Crippen MR) is 71.4 cm³/mol. The van der Waals surface area contributed by atoms with Crippen molar-refractivity contribution in [2.24, 2.45) is 5.73 Å². The molecule has 17 heavy (non-hydrogen) atoms. The zero-order chi connectivity index (χ0) is 12.0. The van der Waals surface area contributed by atoms with Crippen LogP contribution in [0.25, 0.3) is 0 Å². The summed E-state index contributed by atoms with van der Waals surface area (Å²) in [6.45, 7) is 0. The minimum absolute atomic E-state index is 0.449. The summed E-state index contributed by atoms with van der Waals surface area (Å²) in [5.41, 5.74) is 11.7. The second-order valence-electron chi connectivity index (χ2n) is 4.80. The molecule has 0 fully saturated rings. The molecular formula is C13H15BrN2O. The fraction of sp³-hybridized carbons (Fsp3) is 0.462. The van der Waals surface area contributed by atoms with Gasteiger partial charge in [-0.05, 0) is 60.8 Å². The third-order valence-electron chi connectivity index (χ3n) is 3.82. The lowest BCUT2D eigenvalue weighted by atomic mass is 9.99. The quantitative estimate of drug-likeness (QED) is 0.822. The zero-order valence-corrected chi connectivity index (χ0v) is 11.2. The van der Waals surface area contributed by atoms with Gasteiger partial charge in [-0.1, -0.05) is 15.9 Å². The van der Waals surface area contributed by atoms with E-state index in [9.17, 15) is 4.79 Å². The Kier molecular flexibility index (Phi) is 2.62. The van der Waals surface area contributed by atoms with Crippen LogP contribution in [0, 0.1) is 0 Å². The van der Waals surface area contributed by atoms with E-state index in [4.69, 9.17) is 5.73 Å². The highest BCUT2D eigenvalue weighted by Gasteiger charge is 2.27. The number of carbonyl (C=O) groups excluding carboxylic acids is 1. The van der Waals surface area contributed by atoms with Crippen molar-refractivity contribution in [3.8, 4) is 0 Å². The lowest BCUT2D eigenvalue weighted by Gasteiger charge is -2.17. The normalized spacial score (nSPS) is 16.8. The van der Waals surface area contributed by atoms with Crippen molar-refractivity contribution < 1.29 is 4.79 Å². The highest BCUT2D eigenvalue weighted by molar-refractivity contribution is 9.10. The van der Waals surface area contributed by atoms with Crippen molar-refractivity contribution in [1.29, 1.82) is 0 Å². The molecule has 2 amide bonds. The first-order valence-electron chi connectivity index (χ1n) is 6.10. The van der Waals surface area contributed by atoms with E-state index in [0.29, 0.717) is 0 Å². The highest BCUT2D eigenvalue weighted by atomic mass is 79.9. The van der Waals surface area contributed by atoms with Gasteiger partial charge in [0.15, 0.2) is 0 Å². The lowest BCUT2D eigenvalue weighted by molar-refractivity contribution is 0.259. The topological polar surface area (TPSA) is 55.1 Å². The molecule has 3 N–H and O–H groups in total. The van der Waals surface area contributed by atoms with Crippen LogP contribution in [0.3, 0.4) is 0 Å². The van der Waals surface area contributed by atoms with Crippen molar-refractivity contribution in [2.45, 2.75) is 38.5 Å². The SMILES string of the molecule is NC(=O)Nc1c2c(c(Br)c3c1CCC3)CCC2. The summed E-state index contributed by atoms with van der Waals surface area (Å²) in [6, 6.07) is -0.449. The number of nitrogens with two attached hydrogens (primary N) is 1. The zero-order valence-electron chi connectivity index (χ0n) is 9.61. The van der Waals surface area contributed by atoms with E-state index in [1.807, 2.05) is 0 Å². The molecule has 3 nitrogen and oxygen atoms in total. The molecule has 1 aromatic rings. The smallest absolute Gasteiger partial charge is 0.316 e. The molecule has 2 aliphatic carbocycles. The number of rotatable bonds is 1. The number of hydrogen-bond acceptors (Lipinski definition) is 1. The van der Waals surface area contributed by atoms with E-state index in [-0.39, 0.29) is 0 Å². The fourth-order valence-corrected chi connectivity index (χ4v) is 4.04. The van der Waals surface area contributed by atoms with Crippen molar-refractivity contribution >= 4 is 27.6 Å². The van der Waals surface area contributed by atoms with Crippen LogP contribution < -0.4 is 11.1 Å². The second kappa shape index (κ2) is 4.02. The van der Waals surface area contributed by atoms with Crippen molar-refractivity contribution in [2.75, 3.05) is 5.32 Å². The summed E-state index contributed by atoms with van der Waals surface area (Å²) in [6.07, 6.45) is 6.66.